The Kier molecular flexibility index (Phi) is 5.11. The Balaban J connectivity index is 1.58. The van der Waals surface area contributed by atoms with Crippen LogP contribution in [0.2, 0.25) is 0 Å². The van der Waals surface area contributed by atoms with Crippen molar-refractivity contribution in [3.8, 4) is 0 Å². The molecular weight excluding hydrogens is 276 g/mol. The number of benzene rings is 1. The first kappa shape index (κ1) is 15.5. The molecule has 1 amide bonds. The molecule has 0 bridgehead atoms. The summed E-state index contributed by atoms with van der Waals surface area (Å²) in [5, 5.41) is 9.40. The molecule has 22 heavy (non-hydrogen) atoms. The van der Waals surface area contributed by atoms with Gasteiger partial charge in [-0.15, -0.1) is 0 Å². The number of carbonyl (C=O) groups excluding carboxylic acids is 1. The lowest BCUT2D eigenvalue weighted by molar-refractivity contribution is -0.133. The number of fused-ring (bicyclic) bond motifs is 1. The van der Waals surface area contributed by atoms with Crippen molar-refractivity contribution in [1.29, 1.82) is 0 Å². The van der Waals surface area contributed by atoms with Crippen LogP contribution < -0.4 is 0 Å². The summed E-state index contributed by atoms with van der Waals surface area (Å²) in [5.41, 5.74) is 2.66. The average Bonchev–Trinajstić information content (AvgIpc) is 2.79. The average molecular weight is 302 g/mol. The second-order valence-electron chi connectivity index (χ2n) is 6.61. The lowest BCUT2D eigenvalue weighted by atomic mass is 10.00. The molecule has 3 rings (SSSR count). The van der Waals surface area contributed by atoms with Crippen molar-refractivity contribution < 1.29 is 9.90 Å². The fraction of sp³-hybridized carbons (Fsp3) is 0.611. The fourth-order valence-electron chi connectivity index (χ4n) is 3.61. The van der Waals surface area contributed by atoms with Crippen LogP contribution in [0.5, 0.6) is 0 Å². The highest BCUT2D eigenvalue weighted by molar-refractivity contribution is 5.78. The Morgan fingerprint density at radius 1 is 1.18 bits per heavy atom. The van der Waals surface area contributed by atoms with Gasteiger partial charge in [0.2, 0.25) is 5.91 Å². The Labute approximate surface area is 132 Å². The van der Waals surface area contributed by atoms with Crippen molar-refractivity contribution in [2.75, 3.05) is 32.8 Å². The Morgan fingerprint density at radius 2 is 2.00 bits per heavy atom. The van der Waals surface area contributed by atoms with Gasteiger partial charge in [0.15, 0.2) is 0 Å². The van der Waals surface area contributed by atoms with Gasteiger partial charge in [-0.3, -0.25) is 9.69 Å². The third-order valence-corrected chi connectivity index (χ3v) is 4.95. The molecule has 120 valence electrons. The monoisotopic (exact) mass is 302 g/mol. The normalized spacial score (nSPS) is 23.0. The Hall–Kier alpha value is -1.39. The summed E-state index contributed by atoms with van der Waals surface area (Å²) in [6.07, 6.45) is 4.33. The molecule has 0 radical (unpaired) electrons. The van der Waals surface area contributed by atoms with Crippen LogP contribution in [0, 0.1) is 5.92 Å². The number of aliphatic hydroxyl groups excluding tert-OH is 1. The largest absolute Gasteiger partial charge is 0.396 e. The number of rotatable bonds is 3. The summed E-state index contributed by atoms with van der Waals surface area (Å²) in [4.78, 5) is 16.8. The zero-order chi connectivity index (χ0) is 15.4. The molecule has 1 aromatic carbocycles. The Bertz CT molecular complexity index is 518. The van der Waals surface area contributed by atoms with E-state index in [1.807, 2.05) is 11.0 Å². The number of hydrogen-bond acceptors (Lipinski definition) is 3. The van der Waals surface area contributed by atoms with E-state index in [0.29, 0.717) is 12.5 Å². The van der Waals surface area contributed by atoms with Gasteiger partial charge < -0.3 is 10.0 Å². The van der Waals surface area contributed by atoms with E-state index in [1.165, 1.54) is 11.1 Å². The number of likely N-dealkylation sites (tertiary alicyclic amines) is 1. The zero-order valence-corrected chi connectivity index (χ0v) is 13.2. The molecule has 0 aromatic heterocycles. The second kappa shape index (κ2) is 7.25. The highest BCUT2D eigenvalue weighted by atomic mass is 16.3. The molecule has 1 N–H and O–H groups in total. The molecule has 1 fully saturated rings. The number of carbonyl (C=O) groups is 1. The Morgan fingerprint density at radius 3 is 2.82 bits per heavy atom. The van der Waals surface area contributed by atoms with Crippen molar-refractivity contribution in [3.05, 3.63) is 35.4 Å². The maximum Gasteiger partial charge on any atom is 0.237 e. The van der Waals surface area contributed by atoms with Gasteiger partial charge in [-0.25, -0.2) is 0 Å². The van der Waals surface area contributed by atoms with E-state index in [2.05, 4.69) is 23.1 Å². The van der Waals surface area contributed by atoms with Crippen molar-refractivity contribution in [3.63, 3.8) is 0 Å². The molecule has 2 heterocycles. The molecule has 1 atom stereocenters. The summed E-state index contributed by atoms with van der Waals surface area (Å²) in [6, 6.07) is 8.41. The maximum absolute atomic E-state index is 12.6. The highest BCUT2D eigenvalue weighted by Crippen LogP contribution is 2.20. The predicted octanol–water partition coefficient (Wildman–Crippen LogP) is 1.67. The van der Waals surface area contributed by atoms with E-state index < -0.39 is 0 Å². The fourth-order valence-corrected chi connectivity index (χ4v) is 3.61. The summed E-state index contributed by atoms with van der Waals surface area (Å²) in [5.74, 6) is 0.561. The summed E-state index contributed by atoms with van der Waals surface area (Å²) < 4.78 is 0. The van der Waals surface area contributed by atoms with E-state index in [4.69, 9.17) is 0 Å². The molecule has 4 nitrogen and oxygen atoms in total. The van der Waals surface area contributed by atoms with E-state index >= 15 is 0 Å². The summed E-state index contributed by atoms with van der Waals surface area (Å²) in [6.45, 7) is 4.14. The van der Waals surface area contributed by atoms with Crippen molar-refractivity contribution in [2.24, 2.45) is 5.92 Å². The van der Waals surface area contributed by atoms with Crippen LogP contribution in [0.15, 0.2) is 24.3 Å². The summed E-state index contributed by atoms with van der Waals surface area (Å²) >= 11 is 0. The van der Waals surface area contributed by atoms with Crippen LogP contribution in [0.4, 0.5) is 0 Å². The minimum atomic E-state index is 0.230. The highest BCUT2D eigenvalue weighted by Gasteiger charge is 2.24. The van der Waals surface area contributed by atoms with Crippen molar-refractivity contribution >= 4 is 5.91 Å². The predicted molar refractivity (Wildman–Crippen MR) is 86.4 cm³/mol. The molecule has 2 aliphatic rings. The maximum atomic E-state index is 12.6. The molecule has 0 saturated carbocycles. The van der Waals surface area contributed by atoms with Gasteiger partial charge in [-0.1, -0.05) is 30.7 Å². The van der Waals surface area contributed by atoms with Gasteiger partial charge in [0, 0.05) is 26.2 Å². The SMILES string of the molecule is O=C(CN1CCCCC(CO)C1)N1CCc2ccccc2C1. The lowest BCUT2D eigenvalue weighted by Crippen LogP contribution is -2.44. The molecule has 1 aromatic rings. The van der Waals surface area contributed by atoms with Gasteiger partial charge in [0.1, 0.15) is 0 Å². The number of hydrogen-bond donors (Lipinski definition) is 1. The molecule has 2 aliphatic heterocycles. The smallest absolute Gasteiger partial charge is 0.237 e. The first-order valence-corrected chi connectivity index (χ1v) is 8.44. The first-order chi connectivity index (χ1) is 10.8. The lowest BCUT2D eigenvalue weighted by Gasteiger charge is -2.31. The van der Waals surface area contributed by atoms with Gasteiger partial charge in [-0.05, 0) is 42.9 Å². The van der Waals surface area contributed by atoms with Crippen LogP contribution in [-0.2, 0) is 17.8 Å². The van der Waals surface area contributed by atoms with Gasteiger partial charge in [0.25, 0.3) is 0 Å². The molecule has 4 heteroatoms. The molecule has 1 unspecified atom stereocenters. The van der Waals surface area contributed by atoms with Crippen LogP contribution >= 0.6 is 0 Å². The quantitative estimate of drug-likeness (QED) is 0.923. The standard InChI is InChI=1S/C18H26N2O2/c21-14-15-5-3-4-9-19(11-15)13-18(22)20-10-8-16-6-1-2-7-17(16)12-20/h1-2,6-7,15,21H,3-5,8-14H2. The minimum Gasteiger partial charge on any atom is -0.396 e. The van der Waals surface area contributed by atoms with E-state index in [1.54, 1.807) is 0 Å². The van der Waals surface area contributed by atoms with Crippen LogP contribution in [0.25, 0.3) is 0 Å². The van der Waals surface area contributed by atoms with Crippen LogP contribution in [0.3, 0.4) is 0 Å². The second-order valence-corrected chi connectivity index (χ2v) is 6.61. The van der Waals surface area contributed by atoms with E-state index in [0.717, 1.165) is 51.9 Å². The number of aliphatic hydroxyl groups is 1. The third-order valence-electron chi connectivity index (χ3n) is 4.95. The van der Waals surface area contributed by atoms with Gasteiger partial charge in [-0.2, -0.15) is 0 Å². The zero-order valence-electron chi connectivity index (χ0n) is 13.2. The van der Waals surface area contributed by atoms with Crippen molar-refractivity contribution in [1.82, 2.24) is 9.80 Å². The van der Waals surface area contributed by atoms with Crippen molar-refractivity contribution in [2.45, 2.75) is 32.2 Å². The van der Waals surface area contributed by atoms with E-state index in [-0.39, 0.29) is 12.5 Å². The van der Waals surface area contributed by atoms with E-state index in [9.17, 15) is 9.90 Å². The molecule has 0 spiro atoms. The molecule has 0 aliphatic carbocycles. The first-order valence-electron chi connectivity index (χ1n) is 8.44. The minimum absolute atomic E-state index is 0.230. The van der Waals surface area contributed by atoms with Gasteiger partial charge >= 0.3 is 0 Å². The topological polar surface area (TPSA) is 43.8 Å². The third kappa shape index (κ3) is 3.68. The summed E-state index contributed by atoms with van der Waals surface area (Å²) in [7, 11) is 0. The number of amides is 1. The van der Waals surface area contributed by atoms with Crippen LogP contribution in [-0.4, -0.2) is 53.6 Å². The molecular formula is C18H26N2O2. The molecule has 1 saturated heterocycles. The van der Waals surface area contributed by atoms with Gasteiger partial charge in [0.05, 0.1) is 6.54 Å². The number of nitrogens with zero attached hydrogens (tertiary/aromatic N) is 2. The van der Waals surface area contributed by atoms with Crippen LogP contribution in [0.1, 0.15) is 30.4 Å².